The third kappa shape index (κ3) is 1.89. The maximum absolute atomic E-state index is 6.02. The molecule has 1 aliphatic rings. The second-order valence-corrected chi connectivity index (χ2v) is 3.76. The molecule has 1 aliphatic heterocycles. The van der Waals surface area contributed by atoms with Crippen LogP contribution in [0.5, 0.6) is 0 Å². The van der Waals surface area contributed by atoms with Gasteiger partial charge in [-0.25, -0.2) is 0 Å². The van der Waals surface area contributed by atoms with E-state index < -0.39 is 0 Å². The van der Waals surface area contributed by atoms with Crippen LogP contribution in [0.2, 0.25) is 5.02 Å². The van der Waals surface area contributed by atoms with E-state index in [0.717, 1.165) is 16.1 Å². The Labute approximate surface area is 94.8 Å². The van der Waals surface area contributed by atoms with Crippen LogP contribution >= 0.6 is 24.0 Å². The Morgan fingerprint density at radius 2 is 2.21 bits per heavy atom. The van der Waals surface area contributed by atoms with Crippen LogP contribution in [0.3, 0.4) is 0 Å². The summed E-state index contributed by atoms with van der Waals surface area (Å²) in [5.41, 5.74) is 8.13. The highest BCUT2D eigenvalue weighted by molar-refractivity contribution is 6.31. The molecule has 1 heterocycles. The normalized spacial score (nSPS) is 25.1. The van der Waals surface area contributed by atoms with E-state index in [4.69, 9.17) is 22.1 Å². The molecular weight excluding hydrogens is 221 g/mol. The second kappa shape index (κ2) is 4.49. The summed E-state index contributed by atoms with van der Waals surface area (Å²) in [4.78, 5) is 0. The van der Waals surface area contributed by atoms with Crippen LogP contribution in [0.1, 0.15) is 24.1 Å². The fourth-order valence-electron chi connectivity index (χ4n) is 1.61. The van der Waals surface area contributed by atoms with Gasteiger partial charge in [-0.3, -0.25) is 0 Å². The van der Waals surface area contributed by atoms with Crippen LogP contribution in [0.15, 0.2) is 18.2 Å². The highest BCUT2D eigenvalue weighted by Gasteiger charge is 2.24. The first-order chi connectivity index (χ1) is 6.20. The lowest BCUT2D eigenvalue weighted by Crippen LogP contribution is -2.31. The van der Waals surface area contributed by atoms with E-state index in [1.807, 2.05) is 25.1 Å². The molecule has 78 valence electrons. The molecule has 1 aromatic rings. The smallest absolute Gasteiger partial charge is 0.0744 e. The lowest BCUT2D eigenvalue weighted by atomic mass is 9.95. The fourth-order valence-corrected chi connectivity index (χ4v) is 1.85. The number of nitrogens with two attached hydrogens (primary N) is 1. The molecule has 0 saturated heterocycles. The SMILES string of the molecule is C[C@H]1OCc2c(Cl)cccc2[C@@H]1N.Cl. The zero-order chi connectivity index (χ0) is 9.42. The largest absolute Gasteiger partial charge is 0.372 e. The van der Waals surface area contributed by atoms with Gasteiger partial charge in [-0.2, -0.15) is 0 Å². The number of rotatable bonds is 0. The van der Waals surface area contributed by atoms with Gasteiger partial charge in [0.05, 0.1) is 18.8 Å². The first-order valence-corrected chi connectivity index (χ1v) is 4.72. The average molecular weight is 234 g/mol. The van der Waals surface area contributed by atoms with E-state index in [1.165, 1.54) is 0 Å². The molecule has 0 spiro atoms. The minimum Gasteiger partial charge on any atom is -0.372 e. The second-order valence-electron chi connectivity index (χ2n) is 3.35. The van der Waals surface area contributed by atoms with Crippen LogP contribution in [-0.4, -0.2) is 6.10 Å². The van der Waals surface area contributed by atoms with E-state index in [0.29, 0.717) is 6.61 Å². The Kier molecular flexibility index (Phi) is 3.78. The molecule has 2 rings (SSSR count). The van der Waals surface area contributed by atoms with Gasteiger partial charge in [-0.05, 0) is 18.6 Å². The van der Waals surface area contributed by atoms with E-state index in [1.54, 1.807) is 0 Å². The molecule has 0 radical (unpaired) electrons. The van der Waals surface area contributed by atoms with Crippen molar-refractivity contribution in [3.8, 4) is 0 Å². The lowest BCUT2D eigenvalue weighted by Gasteiger charge is -2.29. The van der Waals surface area contributed by atoms with Crippen molar-refractivity contribution < 1.29 is 4.74 Å². The van der Waals surface area contributed by atoms with E-state index in [2.05, 4.69) is 0 Å². The minimum absolute atomic E-state index is 0. The summed E-state index contributed by atoms with van der Waals surface area (Å²) < 4.78 is 5.49. The van der Waals surface area contributed by atoms with E-state index >= 15 is 0 Å². The molecule has 1 aromatic carbocycles. The molecule has 0 fully saturated rings. The molecule has 0 unspecified atom stereocenters. The van der Waals surface area contributed by atoms with E-state index in [-0.39, 0.29) is 24.6 Å². The Bertz CT molecular complexity index is 330. The van der Waals surface area contributed by atoms with Crippen LogP contribution in [0.25, 0.3) is 0 Å². The summed E-state index contributed by atoms with van der Waals surface area (Å²) in [5.74, 6) is 0. The lowest BCUT2D eigenvalue weighted by molar-refractivity contribution is 0.0214. The Morgan fingerprint density at radius 3 is 2.93 bits per heavy atom. The van der Waals surface area contributed by atoms with Gasteiger partial charge in [-0.15, -0.1) is 12.4 Å². The van der Waals surface area contributed by atoms with Crippen molar-refractivity contribution in [2.45, 2.75) is 25.7 Å². The minimum atomic E-state index is -0.0533. The molecule has 0 saturated carbocycles. The summed E-state index contributed by atoms with van der Waals surface area (Å²) in [6.07, 6.45) is 0.0750. The molecule has 4 heteroatoms. The average Bonchev–Trinajstić information content (AvgIpc) is 2.12. The summed E-state index contributed by atoms with van der Waals surface area (Å²) >= 11 is 6.02. The van der Waals surface area contributed by atoms with Crippen LogP contribution in [0.4, 0.5) is 0 Å². The van der Waals surface area contributed by atoms with Crippen molar-refractivity contribution in [1.82, 2.24) is 0 Å². The number of fused-ring (bicyclic) bond motifs is 1. The maximum Gasteiger partial charge on any atom is 0.0744 e. The number of ether oxygens (including phenoxy) is 1. The van der Waals surface area contributed by atoms with Gasteiger partial charge < -0.3 is 10.5 Å². The topological polar surface area (TPSA) is 35.2 Å². The van der Waals surface area contributed by atoms with Crippen molar-refractivity contribution >= 4 is 24.0 Å². The van der Waals surface area contributed by atoms with Gasteiger partial charge in [-0.1, -0.05) is 23.7 Å². The fraction of sp³-hybridized carbons (Fsp3) is 0.400. The Hall–Kier alpha value is -0.280. The zero-order valence-electron chi connectivity index (χ0n) is 7.87. The molecule has 0 bridgehead atoms. The number of halogens is 2. The predicted octanol–water partition coefficient (Wildman–Crippen LogP) is 2.68. The van der Waals surface area contributed by atoms with Gasteiger partial charge in [0.25, 0.3) is 0 Å². The zero-order valence-corrected chi connectivity index (χ0v) is 9.44. The molecular formula is C10H13Cl2NO. The van der Waals surface area contributed by atoms with Gasteiger partial charge in [0.15, 0.2) is 0 Å². The molecule has 0 amide bonds. The summed E-state index contributed by atoms with van der Waals surface area (Å²) in [6, 6.07) is 5.76. The predicted molar refractivity (Wildman–Crippen MR) is 59.9 cm³/mol. The monoisotopic (exact) mass is 233 g/mol. The van der Waals surface area contributed by atoms with Crippen molar-refractivity contribution in [3.05, 3.63) is 34.3 Å². The molecule has 2 N–H and O–H groups in total. The quantitative estimate of drug-likeness (QED) is 0.748. The van der Waals surface area contributed by atoms with Gasteiger partial charge in [0, 0.05) is 10.6 Å². The van der Waals surface area contributed by atoms with Crippen molar-refractivity contribution in [2.24, 2.45) is 5.73 Å². The van der Waals surface area contributed by atoms with Gasteiger partial charge >= 0.3 is 0 Å². The van der Waals surface area contributed by atoms with E-state index in [9.17, 15) is 0 Å². The molecule has 14 heavy (non-hydrogen) atoms. The Balaban J connectivity index is 0.000000980. The number of hydrogen-bond donors (Lipinski definition) is 1. The maximum atomic E-state index is 6.02. The molecule has 2 nitrogen and oxygen atoms in total. The molecule has 2 atom stereocenters. The summed E-state index contributed by atoms with van der Waals surface area (Å²) in [7, 11) is 0. The van der Waals surface area contributed by atoms with Crippen molar-refractivity contribution in [3.63, 3.8) is 0 Å². The molecule has 0 aromatic heterocycles. The first-order valence-electron chi connectivity index (χ1n) is 4.34. The third-order valence-electron chi connectivity index (χ3n) is 2.51. The van der Waals surface area contributed by atoms with Crippen LogP contribution in [0, 0.1) is 0 Å². The van der Waals surface area contributed by atoms with Gasteiger partial charge in [0.1, 0.15) is 0 Å². The third-order valence-corrected chi connectivity index (χ3v) is 2.86. The highest BCUT2D eigenvalue weighted by atomic mass is 35.5. The number of benzene rings is 1. The number of hydrogen-bond acceptors (Lipinski definition) is 2. The molecule has 0 aliphatic carbocycles. The summed E-state index contributed by atoms with van der Waals surface area (Å²) in [6.45, 7) is 2.55. The summed E-state index contributed by atoms with van der Waals surface area (Å²) in [5, 5.41) is 0.750. The standard InChI is InChI=1S/C10H12ClNO.ClH/c1-6-10(12)7-3-2-4-9(11)8(7)5-13-6;/h2-4,6,10H,5,12H2,1H3;1H/t6-,10-;/m1./s1. The van der Waals surface area contributed by atoms with Crippen molar-refractivity contribution in [1.29, 1.82) is 0 Å². The van der Waals surface area contributed by atoms with Crippen LogP contribution in [-0.2, 0) is 11.3 Å². The first kappa shape index (κ1) is 11.8. The Morgan fingerprint density at radius 1 is 1.50 bits per heavy atom. The van der Waals surface area contributed by atoms with Gasteiger partial charge in [0.2, 0.25) is 0 Å². The highest BCUT2D eigenvalue weighted by Crippen LogP contribution is 2.31. The van der Waals surface area contributed by atoms with Crippen molar-refractivity contribution in [2.75, 3.05) is 0 Å². The van der Waals surface area contributed by atoms with Crippen LogP contribution < -0.4 is 5.73 Å².